The Morgan fingerprint density at radius 3 is 2.37 bits per heavy atom. The number of ether oxygens (including phenoxy) is 1. The van der Waals surface area contributed by atoms with E-state index in [0.29, 0.717) is 25.1 Å². The Bertz CT molecular complexity index is 422. The fraction of sp³-hybridized carbons (Fsp3) is 0.533. The van der Waals surface area contributed by atoms with Crippen LogP contribution in [0, 0.1) is 12.7 Å². The van der Waals surface area contributed by atoms with Crippen LogP contribution in [0.3, 0.4) is 0 Å². The average molecular weight is 267 g/mol. The molecule has 0 radical (unpaired) electrons. The Balaban J connectivity index is 3.03. The minimum atomic E-state index is -0.795. The molecule has 0 heterocycles. The summed E-state index contributed by atoms with van der Waals surface area (Å²) in [6.45, 7) is 7.77. The topological polar surface area (TPSA) is 38.3 Å². The van der Waals surface area contributed by atoms with Gasteiger partial charge in [0.1, 0.15) is 11.4 Å². The average Bonchev–Trinajstić information content (AvgIpc) is 2.35. The molecule has 0 bridgehead atoms. The molecule has 0 unspecified atom stereocenters. The monoisotopic (exact) mass is 267 g/mol. The molecule has 19 heavy (non-hydrogen) atoms. The zero-order valence-corrected chi connectivity index (χ0v) is 12.0. The van der Waals surface area contributed by atoms with Gasteiger partial charge in [0.15, 0.2) is 0 Å². The van der Waals surface area contributed by atoms with Crippen molar-refractivity contribution < 1.29 is 13.9 Å². The molecule has 0 aromatic heterocycles. The van der Waals surface area contributed by atoms with Gasteiger partial charge in [-0.2, -0.15) is 0 Å². The van der Waals surface area contributed by atoms with Crippen molar-refractivity contribution in [3.05, 3.63) is 29.6 Å². The van der Waals surface area contributed by atoms with E-state index in [-0.39, 0.29) is 11.8 Å². The summed E-state index contributed by atoms with van der Waals surface area (Å²) in [6.07, 6.45) is 1.16. The van der Waals surface area contributed by atoms with E-state index in [1.807, 2.05) is 26.8 Å². The second kappa shape index (κ2) is 6.55. The largest absolute Gasteiger partial charge is 0.464 e. The van der Waals surface area contributed by atoms with Crippen LogP contribution >= 0.6 is 0 Å². The van der Waals surface area contributed by atoms with Gasteiger partial charge in [0.05, 0.1) is 6.61 Å². The lowest BCUT2D eigenvalue weighted by atomic mass is 9.92. The van der Waals surface area contributed by atoms with E-state index in [4.69, 9.17) is 4.74 Å². The highest BCUT2D eigenvalue weighted by Gasteiger charge is 2.36. The highest BCUT2D eigenvalue weighted by Crippen LogP contribution is 2.25. The summed E-state index contributed by atoms with van der Waals surface area (Å²) in [4.78, 5) is 12.1. The van der Waals surface area contributed by atoms with E-state index in [0.717, 1.165) is 5.56 Å². The normalized spacial score (nSPS) is 11.2. The zero-order chi connectivity index (χ0) is 14.5. The first-order valence-corrected chi connectivity index (χ1v) is 6.70. The molecule has 0 aliphatic carbocycles. The lowest BCUT2D eigenvalue weighted by molar-refractivity contribution is -0.148. The van der Waals surface area contributed by atoms with Crippen molar-refractivity contribution >= 4 is 11.7 Å². The molecule has 0 aliphatic heterocycles. The van der Waals surface area contributed by atoms with Crippen molar-refractivity contribution in [3.63, 3.8) is 0 Å². The molecule has 0 spiro atoms. The fourth-order valence-corrected chi connectivity index (χ4v) is 2.12. The lowest BCUT2D eigenvalue weighted by Crippen LogP contribution is -2.46. The highest BCUT2D eigenvalue weighted by molar-refractivity contribution is 5.84. The van der Waals surface area contributed by atoms with Gasteiger partial charge < -0.3 is 10.1 Å². The van der Waals surface area contributed by atoms with Crippen LogP contribution in [0.4, 0.5) is 10.1 Å². The number of esters is 1. The van der Waals surface area contributed by atoms with Crippen molar-refractivity contribution in [2.75, 3.05) is 11.9 Å². The van der Waals surface area contributed by atoms with Gasteiger partial charge in [0.2, 0.25) is 0 Å². The van der Waals surface area contributed by atoms with Gasteiger partial charge in [-0.15, -0.1) is 0 Å². The number of halogens is 1. The first kappa shape index (κ1) is 15.5. The Labute approximate surface area is 114 Å². The second-order valence-electron chi connectivity index (χ2n) is 4.65. The summed E-state index contributed by atoms with van der Waals surface area (Å²) in [5, 5.41) is 3.14. The molecular formula is C15H22FNO2. The Morgan fingerprint density at radius 1 is 1.26 bits per heavy atom. The van der Waals surface area contributed by atoms with Crippen molar-refractivity contribution in [1.29, 1.82) is 0 Å². The Morgan fingerprint density at radius 2 is 1.89 bits per heavy atom. The minimum absolute atomic E-state index is 0.290. The second-order valence-corrected chi connectivity index (χ2v) is 4.65. The van der Waals surface area contributed by atoms with E-state index < -0.39 is 5.54 Å². The van der Waals surface area contributed by atoms with Crippen LogP contribution in [0.25, 0.3) is 0 Å². The molecule has 106 valence electrons. The third-order valence-electron chi connectivity index (χ3n) is 3.30. The molecule has 1 aromatic rings. The summed E-state index contributed by atoms with van der Waals surface area (Å²) in [7, 11) is 0. The first-order chi connectivity index (χ1) is 8.97. The number of rotatable bonds is 6. The van der Waals surface area contributed by atoms with Crippen LogP contribution in [0.2, 0.25) is 0 Å². The van der Waals surface area contributed by atoms with Crippen LogP contribution in [0.5, 0.6) is 0 Å². The lowest BCUT2D eigenvalue weighted by Gasteiger charge is -2.31. The number of aryl methyl sites for hydroxylation is 1. The molecule has 0 amide bonds. The molecule has 1 aromatic carbocycles. The van der Waals surface area contributed by atoms with Crippen molar-refractivity contribution in [2.45, 2.75) is 46.1 Å². The molecule has 4 heteroatoms. The molecule has 1 rings (SSSR count). The maximum absolute atomic E-state index is 13.4. The SMILES string of the molecule is CCOC(=O)C(CC)(CC)Nc1cc(C)cc(F)c1. The van der Waals surface area contributed by atoms with Crippen LogP contribution in [-0.4, -0.2) is 18.1 Å². The summed E-state index contributed by atoms with van der Waals surface area (Å²) in [5.74, 6) is -0.602. The van der Waals surface area contributed by atoms with Crippen molar-refractivity contribution in [2.24, 2.45) is 0 Å². The molecular weight excluding hydrogens is 245 g/mol. The quantitative estimate of drug-likeness (QED) is 0.799. The van der Waals surface area contributed by atoms with Crippen LogP contribution in [0.1, 0.15) is 39.2 Å². The number of hydrogen-bond acceptors (Lipinski definition) is 3. The first-order valence-electron chi connectivity index (χ1n) is 6.70. The number of hydrogen-bond donors (Lipinski definition) is 1. The number of carbonyl (C=O) groups excluding carboxylic acids is 1. The van der Waals surface area contributed by atoms with E-state index >= 15 is 0 Å². The number of carbonyl (C=O) groups is 1. The third kappa shape index (κ3) is 3.69. The van der Waals surface area contributed by atoms with Crippen LogP contribution in [-0.2, 0) is 9.53 Å². The van der Waals surface area contributed by atoms with E-state index in [1.165, 1.54) is 12.1 Å². The van der Waals surface area contributed by atoms with E-state index in [2.05, 4.69) is 5.32 Å². The van der Waals surface area contributed by atoms with Gasteiger partial charge in [-0.3, -0.25) is 0 Å². The zero-order valence-electron chi connectivity index (χ0n) is 12.0. The fourth-order valence-electron chi connectivity index (χ4n) is 2.12. The van der Waals surface area contributed by atoms with Crippen molar-refractivity contribution in [1.82, 2.24) is 0 Å². The molecule has 0 atom stereocenters. The summed E-state index contributed by atoms with van der Waals surface area (Å²) in [5.41, 5.74) is 0.623. The van der Waals surface area contributed by atoms with Gasteiger partial charge >= 0.3 is 5.97 Å². The van der Waals surface area contributed by atoms with Crippen molar-refractivity contribution in [3.8, 4) is 0 Å². The predicted octanol–water partition coefficient (Wildman–Crippen LogP) is 3.67. The standard InChI is InChI=1S/C15H22FNO2/c1-5-15(6-2,14(18)19-7-3)17-13-9-11(4)8-12(16)10-13/h8-10,17H,5-7H2,1-4H3. The summed E-state index contributed by atoms with van der Waals surface area (Å²) < 4.78 is 18.5. The molecule has 0 saturated carbocycles. The van der Waals surface area contributed by atoms with E-state index in [1.54, 1.807) is 6.92 Å². The number of benzene rings is 1. The predicted molar refractivity (Wildman–Crippen MR) is 74.7 cm³/mol. The maximum Gasteiger partial charge on any atom is 0.331 e. The molecule has 1 N–H and O–H groups in total. The molecule has 0 saturated heterocycles. The number of anilines is 1. The van der Waals surface area contributed by atoms with Gasteiger partial charge in [-0.25, -0.2) is 9.18 Å². The molecule has 0 fully saturated rings. The van der Waals surface area contributed by atoms with E-state index in [9.17, 15) is 9.18 Å². The van der Waals surface area contributed by atoms with Gasteiger partial charge in [-0.05, 0) is 50.5 Å². The van der Waals surface area contributed by atoms with Crippen LogP contribution in [0.15, 0.2) is 18.2 Å². The van der Waals surface area contributed by atoms with Gasteiger partial charge in [-0.1, -0.05) is 13.8 Å². The van der Waals surface area contributed by atoms with Gasteiger partial charge in [0, 0.05) is 5.69 Å². The highest BCUT2D eigenvalue weighted by atomic mass is 19.1. The third-order valence-corrected chi connectivity index (χ3v) is 3.30. The number of nitrogens with one attached hydrogen (secondary N) is 1. The summed E-state index contributed by atoms with van der Waals surface area (Å²) >= 11 is 0. The molecule has 0 aliphatic rings. The Kier molecular flexibility index (Phi) is 5.33. The van der Waals surface area contributed by atoms with Crippen LogP contribution < -0.4 is 5.32 Å². The Hall–Kier alpha value is -1.58. The molecule has 3 nitrogen and oxygen atoms in total. The maximum atomic E-state index is 13.4. The minimum Gasteiger partial charge on any atom is -0.464 e. The van der Waals surface area contributed by atoms with Gasteiger partial charge in [0.25, 0.3) is 0 Å². The smallest absolute Gasteiger partial charge is 0.331 e. The summed E-state index contributed by atoms with van der Waals surface area (Å²) in [6, 6.07) is 4.67.